The summed E-state index contributed by atoms with van der Waals surface area (Å²) < 4.78 is 21.3. The molecule has 27 heavy (non-hydrogen) atoms. The van der Waals surface area contributed by atoms with Gasteiger partial charge in [-0.3, -0.25) is 0 Å². The zero-order valence-electron chi connectivity index (χ0n) is 14.4. The van der Waals surface area contributed by atoms with Crippen molar-refractivity contribution in [2.24, 2.45) is 5.10 Å². The number of methoxy groups -OCH3 is 1. The third-order valence-corrected chi connectivity index (χ3v) is 4.48. The molecule has 5 nitrogen and oxygen atoms in total. The summed E-state index contributed by atoms with van der Waals surface area (Å²) in [6, 6.07) is 18.2. The number of hydrogen-bond acceptors (Lipinski definition) is 4. The number of ether oxygens (including phenoxy) is 1. The maximum Gasteiger partial charge on any atom is 0.216 e. The van der Waals surface area contributed by atoms with Gasteiger partial charge in [-0.15, -0.1) is 0 Å². The van der Waals surface area contributed by atoms with E-state index in [4.69, 9.17) is 17.0 Å². The standard InChI is InChI=1S/C20H15FN4OS/c1-26-18-11-10-13-6-2-3-7-14(13)16(18)12-22-25-19(23-24-20(25)27)15-8-4-5-9-17(15)21/h2-12H,1H3,(H,24,27)/b22-12+. The van der Waals surface area contributed by atoms with Crippen molar-refractivity contribution >= 4 is 29.2 Å². The molecule has 0 amide bonds. The second kappa shape index (κ2) is 7.13. The van der Waals surface area contributed by atoms with Crippen LogP contribution in [0.2, 0.25) is 0 Å². The predicted molar refractivity (Wildman–Crippen MR) is 106 cm³/mol. The number of aromatic nitrogens is 3. The molecule has 1 aromatic heterocycles. The fourth-order valence-electron chi connectivity index (χ4n) is 2.92. The second-order valence-electron chi connectivity index (χ2n) is 5.79. The third-order valence-electron chi connectivity index (χ3n) is 4.22. The van der Waals surface area contributed by atoms with Crippen LogP contribution in [0, 0.1) is 10.6 Å². The van der Waals surface area contributed by atoms with Crippen molar-refractivity contribution < 1.29 is 9.13 Å². The Morgan fingerprint density at radius 1 is 1.11 bits per heavy atom. The largest absolute Gasteiger partial charge is 0.496 e. The van der Waals surface area contributed by atoms with Crippen LogP contribution >= 0.6 is 12.2 Å². The smallest absolute Gasteiger partial charge is 0.216 e. The number of benzene rings is 3. The number of H-pyrrole nitrogens is 1. The predicted octanol–water partition coefficient (Wildman–Crippen LogP) is 4.79. The number of fused-ring (bicyclic) bond motifs is 1. The molecule has 0 aliphatic carbocycles. The Balaban J connectivity index is 1.86. The van der Waals surface area contributed by atoms with Gasteiger partial charge in [0, 0.05) is 5.56 Å². The molecule has 0 radical (unpaired) electrons. The van der Waals surface area contributed by atoms with Crippen molar-refractivity contribution in [2.45, 2.75) is 0 Å². The summed E-state index contributed by atoms with van der Waals surface area (Å²) in [7, 11) is 1.61. The fourth-order valence-corrected chi connectivity index (χ4v) is 3.10. The molecule has 1 heterocycles. The molecule has 0 aliphatic rings. The van der Waals surface area contributed by atoms with Crippen LogP contribution in [-0.2, 0) is 0 Å². The van der Waals surface area contributed by atoms with E-state index in [1.807, 2.05) is 36.4 Å². The minimum atomic E-state index is -0.398. The van der Waals surface area contributed by atoms with Gasteiger partial charge in [0.15, 0.2) is 5.82 Å². The molecule has 0 unspecified atom stereocenters. The van der Waals surface area contributed by atoms with Crippen LogP contribution in [0.3, 0.4) is 0 Å². The van der Waals surface area contributed by atoms with Crippen molar-refractivity contribution in [3.63, 3.8) is 0 Å². The maximum atomic E-state index is 14.2. The minimum Gasteiger partial charge on any atom is -0.496 e. The second-order valence-corrected chi connectivity index (χ2v) is 6.18. The van der Waals surface area contributed by atoms with Crippen LogP contribution < -0.4 is 4.74 Å². The zero-order valence-corrected chi connectivity index (χ0v) is 15.2. The first-order valence-electron chi connectivity index (χ1n) is 8.21. The topological polar surface area (TPSA) is 55.2 Å². The molecule has 0 atom stereocenters. The highest BCUT2D eigenvalue weighted by molar-refractivity contribution is 7.71. The van der Waals surface area contributed by atoms with Crippen LogP contribution in [-0.4, -0.2) is 28.2 Å². The summed E-state index contributed by atoms with van der Waals surface area (Å²) in [4.78, 5) is 0. The molecule has 1 N–H and O–H groups in total. The number of hydrogen-bond donors (Lipinski definition) is 1. The lowest BCUT2D eigenvalue weighted by atomic mass is 10.0. The molecule has 0 spiro atoms. The van der Waals surface area contributed by atoms with E-state index in [-0.39, 0.29) is 4.77 Å². The molecule has 4 aromatic rings. The highest BCUT2D eigenvalue weighted by Crippen LogP contribution is 2.27. The fraction of sp³-hybridized carbons (Fsp3) is 0.0500. The Morgan fingerprint density at radius 3 is 2.70 bits per heavy atom. The molecule has 0 saturated heterocycles. The van der Waals surface area contributed by atoms with Crippen molar-refractivity contribution in [1.82, 2.24) is 14.9 Å². The highest BCUT2D eigenvalue weighted by Gasteiger charge is 2.13. The molecule has 0 fully saturated rings. The van der Waals surface area contributed by atoms with Crippen molar-refractivity contribution in [3.8, 4) is 17.1 Å². The average Bonchev–Trinajstić information content (AvgIpc) is 3.06. The van der Waals surface area contributed by atoms with Gasteiger partial charge in [0.25, 0.3) is 0 Å². The Morgan fingerprint density at radius 2 is 1.89 bits per heavy atom. The SMILES string of the molecule is COc1ccc2ccccc2c1/C=N/n1c(-c2ccccc2F)n[nH]c1=S. The van der Waals surface area contributed by atoms with Gasteiger partial charge >= 0.3 is 0 Å². The van der Waals surface area contributed by atoms with Gasteiger partial charge in [-0.25, -0.2) is 9.49 Å². The summed E-state index contributed by atoms with van der Waals surface area (Å²) in [5, 5.41) is 13.3. The third kappa shape index (κ3) is 3.13. The van der Waals surface area contributed by atoms with Gasteiger partial charge in [-0.05, 0) is 41.2 Å². The molecular formula is C20H15FN4OS. The van der Waals surface area contributed by atoms with Crippen LogP contribution in [0.4, 0.5) is 4.39 Å². The van der Waals surface area contributed by atoms with E-state index in [1.165, 1.54) is 10.7 Å². The molecule has 7 heteroatoms. The first-order chi connectivity index (χ1) is 13.2. The van der Waals surface area contributed by atoms with Crippen LogP contribution in [0.1, 0.15) is 5.56 Å². The molecule has 4 rings (SSSR count). The summed E-state index contributed by atoms with van der Waals surface area (Å²) in [6.07, 6.45) is 1.65. The van der Waals surface area contributed by atoms with Crippen LogP contribution in [0.5, 0.6) is 5.75 Å². The van der Waals surface area contributed by atoms with Crippen LogP contribution in [0.25, 0.3) is 22.2 Å². The Labute approximate surface area is 159 Å². The average molecular weight is 378 g/mol. The first kappa shape index (κ1) is 17.1. The Hall–Kier alpha value is -3.32. The van der Waals surface area contributed by atoms with Crippen molar-refractivity contribution in [1.29, 1.82) is 0 Å². The number of rotatable bonds is 4. The van der Waals surface area contributed by atoms with Crippen molar-refractivity contribution in [3.05, 3.63) is 76.8 Å². The number of nitrogens with zero attached hydrogens (tertiary/aromatic N) is 3. The van der Waals surface area contributed by atoms with E-state index in [9.17, 15) is 4.39 Å². The molecule has 0 bridgehead atoms. The quantitative estimate of drug-likeness (QED) is 0.410. The molecule has 0 saturated carbocycles. The highest BCUT2D eigenvalue weighted by atomic mass is 32.1. The minimum absolute atomic E-state index is 0.267. The molecule has 0 aliphatic heterocycles. The Bertz CT molecular complexity index is 1210. The lowest BCUT2D eigenvalue weighted by Crippen LogP contribution is -1.98. The van der Waals surface area contributed by atoms with Gasteiger partial charge < -0.3 is 4.74 Å². The zero-order chi connectivity index (χ0) is 18.8. The van der Waals surface area contributed by atoms with E-state index in [0.29, 0.717) is 17.1 Å². The monoisotopic (exact) mass is 378 g/mol. The summed E-state index contributed by atoms with van der Waals surface area (Å²) >= 11 is 5.27. The van der Waals surface area contributed by atoms with E-state index >= 15 is 0 Å². The summed E-state index contributed by atoms with van der Waals surface area (Å²) in [6.45, 7) is 0. The van der Waals surface area contributed by atoms with Gasteiger partial charge in [0.1, 0.15) is 11.6 Å². The molecule has 3 aromatic carbocycles. The first-order valence-corrected chi connectivity index (χ1v) is 8.62. The number of nitrogens with one attached hydrogen (secondary N) is 1. The lowest BCUT2D eigenvalue weighted by molar-refractivity contribution is 0.415. The Kier molecular flexibility index (Phi) is 4.52. The summed E-state index contributed by atoms with van der Waals surface area (Å²) in [5.41, 5.74) is 1.12. The molecular weight excluding hydrogens is 363 g/mol. The molecule has 134 valence electrons. The van der Waals surface area contributed by atoms with E-state index in [2.05, 4.69) is 15.3 Å². The van der Waals surface area contributed by atoms with E-state index in [0.717, 1.165) is 16.3 Å². The van der Waals surface area contributed by atoms with E-state index in [1.54, 1.807) is 31.5 Å². The van der Waals surface area contributed by atoms with Crippen molar-refractivity contribution in [2.75, 3.05) is 7.11 Å². The van der Waals surface area contributed by atoms with Gasteiger partial charge in [0.2, 0.25) is 4.77 Å². The van der Waals surface area contributed by atoms with Crippen LogP contribution in [0.15, 0.2) is 65.8 Å². The van der Waals surface area contributed by atoms with Gasteiger partial charge in [0.05, 0.1) is 18.9 Å². The number of aromatic amines is 1. The van der Waals surface area contributed by atoms with Gasteiger partial charge in [-0.1, -0.05) is 42.5 Å². The maximum absolute atomic E-state index is 14.2. The normalized spacial score (nSPS) is 11.3. The summed E-state index contributed by atoms with van der Waals surface area (Å²) in [5.74, 6) is 0.583. The lowest BCUT2D eigenvalue weighted by Gasteiger charge is -2.08. The number of halogens is 1. The van der Waals surface area contributed by atoms with Gasteiger partial charge in [-0.2, -0.15) is 14.9 Å². The van der Waals surface area contributed by atoms with E-state index < -0.39 is 5.82 Å².